The highest BCUT2D eigenvalue weighted by molar-refractivity contribution is 5.95. The summed E-state index contributed by atoms with van der Waals surface area (Å²) in [6, 6.07) is 3.52. The zero-order chi connectivity index (χ0) is 11.5. The van der Waals surface area contributed by atoms with Gasteiger partial charge in [-0.2, -0.15) is 0 Å². The van der Waals surface area contributed by atoms with Gasteiger partial charge < -0.3 is 4.90 Å². The minimum Gasteiger partial charge on any atom is -0.338 e. The average Bonchev–Trinajstić information content (AvgIpc) is 2.30. The van der Waals surface area contributed by atoms with Crippen molar-refractivity contribution in [2.75, 3.05) is 13.1 Å². The van der Waals surface area contributed by atoms with E-state index in [2.05, 4.69) is 4.98 Å². The number of carbonyl (C=O) groups excluding carboxylic acids is 1. The SMILES string of the molecule is Cc1ncccc1C(=O)N1CCC(F)CC1. The molecule has 0 spiro atoms. The van der Waals surface area contributed by atoms with E-state index in [9.17, 15) is 9.18 Å². The third kappa shape index (κ3) is 2.21. The molecule has 16 heavy (non-hydrogen) atoms. The average molecular weight is 222 g/mol. The molecule has 3 nitrogen and oxygen atoms in total. The molecule has 1 amide bonds. The molecule has 1 saturated heterocycles. The Kier molecular flexibility index (Phi) is 3.17. The fourth-order valence-corrected chi connectivity index (χ4v) is 1.93. The van der Waals surface area contributed by atoms with E-state index in [4.69, 9.17) is 0 Å². The summed E-state index contributed by atoms with van der Waals surface area (Å²) in [4.78, 5) is 17.9. The number of likely N-dealkylation sites (tertiary alicyclic amines) is 1. The van der Waals surface area contributed by atoms with E-state index in [1.165, 1.54) is 0 Å². The maximum absolute atomic E-state index is 13.0. The third-order valence-electron chi connectivity index (χ3n) is 2.95. The molecule has 0 aromatic carbocycles. The first kappa shape index (κ1) is 11.0. The van der Waals surface area contributed by atoms with Crippen LogP contribution in [0.2, 0.25) is 0 Å². The predicted molar refractivity (Wildman–Crippen MR) is 59.0 cm³/mol. The molecule has 0 saturated carbocycles. The fraction of sp³-hybridized carbons (Fsp3) is 0.500. The van der Waals surface area contributed by atoms with Crippen LogP contribution < -0.4 is 0 Å². The number of pyridine rings is 1. The third-order valence-corrected chi connectivity index (χ3v) is 2.95. The normalized spacial score (nSPS) is 17.5. The Morgan fingerprint density at radius 3 is 2.81 bits per heavy atom. The van der Waals surface area contributed by atoms with Gasteiger partial charge in [0.1, 0.15) is 6.17 Å². The number of halogens is 1. The van der Waals surface area contributed by atoms with Crippen LogP contribution in [0.3, 0.4) is 0 Å². The summed E-state index contributed by atoms with van der Waals surface area (Å²) in [7, 11) is 0. The van der Waals surface area contributed by atoms with E-state index in [0.717, 1.165) is 5.69 Å². The smallest absolute Gasteiger partial charge is 0.255 e. The van der Waals surface area contributed by atoms with Crippen LogP contribution in [0.4, 0.5) is 4.39 Å². The number of piperidine rings is 1. The van der Waals surface area contributed by atoms with Crippen LogP contribution in [0, 0.1) is 6.92 Å². The van der Waals surface area contributed by atoms with Gasteiger partial charge in [0, 0.05) is 25.0 Å². The maximum atomic E-state index is 13.0. The minimum atomic E-state index is -0.751. The largest absolute Gasteiger partial charge is 0.338 e. The second-order valence-corrected chi connectivity index (χ2v) is 4.10. The van der Waals surface area contributed by atoms with Gasteiger partial charge in [0.05, 0.1) is 5.56 Å². The molecule has 0 unspecified atom stereocenters. The van der Waals surface area contributed by atoms with Crippen LogP contribution in [-0.4, -0.2) is 35.1 Å². The minimum absolute atomic E-state index is 0.0301. The van der Waals surface area contributed by atoms with E-state index < -0.39 is 6.17 Å². The van der Waals surface area contributed by atoms with Crippen molar-refractivity contribution in [2.24, 2.45) is 0 Å². The van der Waals surface area contributed by atoms with Gasteiger partial charge in [0.25, 0.3) is 5.91 Å². The lowest BCUT2D eigenvalue weighted by molar-refractivity contribution is 0.0666. The van der Waals surface area contributed by atoms with Gasteiger partial charge in [0.15, 0.2) is 0 Å². The Labute approximate surface area is 94.3 Å². The maximum Gasteiger partial charge on any atom is 0.255 e. The number of alkyl halides is 1. The molecular weight excluding hydrogens is 207 g/mol. The number of rotatable bonds is 1. The predicted octanol–water partition coefficient (Wildman–Crippen LogP) is 1.96. The molecule has 0 atom stereocenters. The van der Waals surface area contributed by atoms with Gasteiger partial charge in [-0.1, -0.05) is 0 Å². The van der Waals surface area contributed by atoms with Crippen molar-refractivity contribution in [1.29, 1.82) is 0 Å². The van der Waals surface area contributed by atoms with Gasteiger partial charge >= 0.3 is 0 Å². The first-order chi connectivity index (χ1) is 7.68. The first-order valence-electron chi connectivity index (χ1n) is 5.53. The van der Waals surface area contributed by atoms with E-state index in [1.54, 1.807) is 23.2 Å². The summed E-state index contributed by atoms with van der Waals surface area (Å²) in [5.74, 6) is -0.0301. The zero-order valence-corrected chi connectivity index (χ0v) is 9.32. The van der Waals surface area contributed by atoms with Crippen LogP contribution in [0.25, 0.3) is 0 Å². The number of aryl methyl sites for hydroxylation is 1. The second-order valence-electron chi connectivity index (χ2n) is 4.10. The topological polar surface area (TPSA) is 33.2 Å². The summed E-state index contributed by atoms with van der Waals surface area (Å²) in [6.45, 7) is 2.83. The summed E-state index contributed by atoms with van der Waals surface area (Å²) in [5.41, 5.74) is 1.36. The highest BCUT2D eigenvalue weighted by atomic mass is 19.1. The van der Waals surface area contributed by atoms with E-state index in [1.807, 2.05) is 6.92 Å². The van der Waals surface area contributed by atoms with Crippen molar-refractivity contribution in [2.45, 2.75) is 25.9 Å². The molecule has 1 fully saturated rings. The summed E-state index contributed by atoms with van der Waals surface area (Å²) in [6.07, 6.45) is 1.81. The Morgan fingerprint density at radius 2 is 2.19 bits per heavy atom. The quantitative estimate of drug-likeness (QED) is 0.727. The molecule has 1 aromatic rings. The molecule has 0 N–H and O–H groups in total. The number of carbonyl (C=O) groups is 1. The Bertz CT molecular complexity index is 386. The molecule has 0 bridgehead atoms. The molecule has 2 heterocycles. The lowest BCUT2D eigenvalue weighted by Crippen LogP contribution is -2.39. The van der Waals surface area contributed by atoms with Gasteiger partial charge in [-0.25, -0.2) is 4.39 Å². The first-order valence-corrected chi connectivity index (χ1v) is 5.53. The highest BCUT2D eigenvalue weighted by Crippen LogP contribution is 2.16. The highest BCUT2D eigenvalue weighted by Gasteiger charge is 2.24. The van der Waals surface area contributed by atoms with Crippen LogP contribution in [0.1, 0.15) is 28.9 Å². The lowest BCUT2D eigenvalue weighted by Gasteiger charge is -2.28. The molecule has 1 aliphatic rings. The number of hydrogen-bond acceptors (Lipinski definition) is 2. The van der Waals surface area contributed by atoms with Crippen molar-refractivity contribution in [3.05, 3.63) is 29.6 Å². The second kappa shape index (κ2) is 4.60. The van der Waals surface area contributed by atoms with Crippen LogP contribution >= 0.6 is 0 Å². The zero-order valence-electron chi connectivity index (χ0n) is 9.32. The van der Waals surface area contributed by atoms with Crippen LogP contribution in [-0.2, 0) is 0 Å². The summed E-state index contributed by atoms with van der Waals surface area (Å²) in [5, 5.41) is 0. The van der Waals surface area contributed by atoms with Crippen molar-refractivity contribution >= 4 is 5.91 Å². The molecule has 1 aromatic heterocycles. The molecule has 2 rings (SSSR count). The van der Waals surface area contributed by atoms with Crippen molar-refractivity contribution in [1.82, 2.24) is 9.88 Å². The monoisotopic (exact) mass is 222 g/mol. The van der Waals surface area contributed by atoms with Crippen LogP contribution in [0.15, 0.2) is 18.3 Å². The van der Waals surface area contributed by atoms with Crippen molar-refractivity contribution in [3.8, 4) is 0 Å². The Balaban J connectivity index is 2.11. The molecule has 4 heteroatoms. The van der Waals surface area contributed by atoms with Gasteiger partial charge in [-0.3, -0.25) is 9.78 Å². The van der Waals surface area contributed by atoms with Crippen molar-refractivity contribution < 1.29 is 9.18 Å². The summed E-state index contributed by atoms with van der Waals surface area (Å²) < 4.78 is 13.0. The Hall–Kier alpha value is -1.45. The lowest BCUT2D eigenvalue weighted by atomic mass is 10.1. The Morgan fingerprint density at radius 1 is 1.50 bits per heavy atom. The molecule has 0 radical (unpaired) electrons. The number of aromatic nitrogens is 1. The fourth-order valence-electron chi connectivity index (χ4n) is 1.93. The molecule has 86 valence electrons. The van der Waals surface area contributed by atoms with Gasteiger partial charge in [-0.15, -0.1) is 0 Å². The number of nitrogens with zero attached hydrogens (tertiary/aromatic N) is 2. The molecule has 1 aliphatic heterocycles. The van der Waals surface area contributed by atoms with E-state index in [-0.39, 0.29) is 5.91 Å². The number of amides is 1. The van der Waals surface area contributed by atoms with Crippen molar-refractivity contribution in [3.63, 3.8) is 0 Å². The standard InChI is InChI=1S/C12H15FN2O/c1-9-11(3-2-6-14-9)12(16)15-7-4-10(13)5-8-15/h2-3,6,10H,4-5,7-8H2,1H3. The number of hydrogen-bond donors (Lipinski definition) is 0. The van der Waals surface area contributed by atoms with E-state index in [0.29, 0.717) is 31.5 Å². The van der Waals surface area contributed by atoms with E-state index >= 15 is 0 Å². The van der Waals surface area contributed by atoms with Gasteiger partial charge in [-0.05, 0) is 31.9 Å². The summed E-state index contributed by atoms with van der Waals surface area (Å²) >= 11 is 0. The van der Waals surface area contributed by atoms with Crippen LogP contribution in [0.5, 0.6) is 0 Å². The molecular formula is C12H15FN2O. The van der Waals surface area contributed by atoms with Gasteiger partial charge in [0.2, 0.25) is 0 Å². The molecule has 0 aliphatic carbocycles.